The molecule has 2 aromatic heterocycles. The number of ether oxygens (including phenoxy) is 1. The van der Waals surface area contributed by atoms with Crippen LogP contribution in [0.5, 0.6) is 0 Å². The third-order valence-electron chi connectivity index (χ3n) is 7.16. The van der Waals surface area contributed by atoms with Gasteiger partial charge in [-0.3, -0.25) is 9.29 Å². The predicted octanol–water partition coefficient (Wildman–Crippen LogP) is 5.91. The summed E-state index contributed by atoms with van der Waals surface area (Å²) in [7, 11) is -4.02. The number of sulfonamides is 1. The van der Waals surface area contributed by atoms with Gasteiger partial charge in [-0.2, -0.15) is 4.68 Å². The van der Waals surface area contributed by atoms with Gasteiger partial charge in [-0.15, -0.1) is 5.10 Å². The molecule has 0 spiro atoms. The predicted molar refractivity (Wildman–Crippen MR) is 165 cm³/mol. The summed E-state index contributed by atoms with van der Waals surface area (Å²) >= 11 is 6.36. The Hall–Kier alpha value is -4.19. The van der Waals surface area contributed by atoms with Gasteiger partial charge < -0.3 is 9.26 Å². The molecule has 0 bridgehead atoms. The summed E-state index contributed by atoms with van der Waals surface area (Å²) in [5.41, 5.74) is 3.63. The van der Waals surface area contributed by atoms with E-state index in [-0.39, 0.29) is 29.6 Å². The SMILES string of the molecule is CCOCc1cc(Cn2c(CC)nn(-c3ccccc3Cl)c2=O)ccc1-c1ccccc1S(=O)(=O)Nc1noc(C)c1C. The third-order valence-corrected chi connectivity index (χ3v) is 8.88. The van der Waals surface area contributed by atoms with Crippen LogP contribution in [0.2, 0.25) is 5.02 Å². The van der Waals surface area contributed by atoms with Crippen molar-refractivity contribution in [3.8, 4) is 16.8 Å². The van der Waals surface area contributed by atoms with Gasteiger partial charge in [0.15, 0.2) is 5.82 Å². The molecule has 0 radical (unpaired) electrons. The number of benzene rings is 3. The van der Waals surface area contributed by atoms with E-state index in [1.165, 1.54) is 4.68 Å². The molecule has 2 heterocycles. The summed E-state index contributed by atoms with van der Waals surface area (Å²) < 4.78 is 43.5. The zero-order valence-corrected chi connectivity index (χ0v) is 25.9. The molecule has 1 N–H and O–H groups in total. The molecule has 0 fully saturated rings. The molecule has 0 saturated carbocycles. The van der Waals surface area contributed by atoms with Crippen LogP contribution in [0.1, 0.15) is 42.1 Å². The lowest BCUT2D eigenvalue weighted by Gasteiger charge is -2.16. The standard InChI is InChI=1S/C31H32ClN5O5S/c1-5-29-33-37(27-13-9-8-12-26(27)32)31(38)36(29)18-22-15-16-24(23(17-22)19-41-6-2)25-11-7-10-14-28(25)43(39,40)35-30-20(3)21(4)42-34-30/h7-17H,5-6,18-19H2,1-4H3,(H,34,35). The molecule has 10 nitrogen and oxygen atoms in total. The van der Waals surface area contributed by atoms with Crippen molar-refractivity contribution in [3.05, 3.63) is 111 Å². The van der Waals surface area contributed by atoms with Crippen molar-refractivity contribution >= 4 is 27.4 Å². The number of nitrogens with zero attached hydrogens (tertiary/aromatic N) is 4. The van der Waals surface area contributed by atoms with E-state index in [1.807, 2.05) is 32.0 Å². The second kappa shape index (κ2) is 12.6. The molecule has 0 aliphatic carbocycles. The first-order valence-electron chi connectivity index (χ1n) is 13.8. The number of para-hydroxylation sites is 1. The van der Waals surface area contributed by atoms with E-state index in [0.29, 0.717) is 52.0 Å². The van der Waals surface area contributed by atoms with Gasteiger partial charge in [-0.05, 0) is 55.7 Å². The average molecular weight is 622 g/mol. The summed E-state index contributed by atoms with van der Waals surface area (Å²) in [6.07, 6.45) is 0.541. The highest BCUT2D eigenvalue weighted by molar-refractivity contribution is 7.92. The van der Waals surface area contributed by atoms with Crippen LogP contribution in [0.4, 0.5) is 5.82 Å². The Morgan fingerprint density at radius 1 is 1.00 bits per heavy atom. The first-order chi connectivity index (χ1) is 20.6. The van der Waals surface area contributed by atoms with Crippen LogP contribution >= 0.6 is 11.6 Å². The minimum Gasteiger partial charge on any atom is -0.377 e. The van der Waals surface area contributed by atoms with E-state index < -0.39 is 10.0 Å². The minimum absolute atomic E-state index is 0.0889. The lowest BCUT2D eigenvalue weighted by Crippen LogP contribution is -2.25. The smallest absolute Gasteiger partial charge is 0.351 e. The number of aryl methyl sites for hydroxylation is 2. The van der Waals surface area contributed by atoms with Gasteiger partial charge in [-0.25, -0.2) is 13.2 Å². The molecular formula is C31H32ClN5O5S. The zero-order valence-electron chi connectivity index (χ0n) is 24.3. The molecule has 43 heavy (non-hydrogen) atoms. The minimum atomic E-state index is -4.02. The Balaban J connectivity index is 1.55. The molecule has 0 amide bonds. The monoisotopic (exact) mass is 621 g/mol. The molecule has 0 atom stereocenters. The first-order valence-corrected chi connectivity index (χ1v) is 15.7. The van der Waals surface area contributed by atoms with Crippen molar-refractivity contribution < 1.29 is 17.7 Å². The Morgan fingerprint density at radius 2 is 1.74 bits per heavy atom. The molecule has 3 aromatic carbocycles. The average Bonchev–Trinajstić information content (AvgIpc) is 3.48. The van der Waals surface area contributed by atoms with E-state index in [1.54, 1.807) is 66.9 Å². The maximum absolute atomic E-state index is 13.6. The number of nitrogens with one attached hydrogen (secondary N) is 1. The van der Waals surface area contributed by atoms with Crippen molar-refractivity contribution in [1.29, 1.82) is 0 Å². The molecule has 5 rings (SSSR count). The summed E-state index contributed by atoms with van der Waals surface area (Å²) in [5.74, 6) is 1.29. The topological polar surface area (TPSA) is 121 Å². The molecule has 0 aliphatic heterocycles. The van der Waals surface area contributed by atoms with Crippen molar-refractivity contribution in [3.63, 3.8) is 0 Å². The van der Waals surface area contributed by atoms with Crippen LogP contribution in [0.25, 0.3) is 16.8 Å². The van der Waals surface area contributed by atoms with E-state index in [0.717, 1.165) is 11.1 Å². The fourth-order valence-corrected chi connectivity index (χ4v) is 6.27. The lowest BCUT2D eigenvalue weighted by atomic mass is 9.97. The van der Waals surface area contributed by atoms with E-state index in [4.69, 9.17) is 20.9 Å². The van der Waals surface area contributed by atoms with E-state index in [9.17, 15) is 13.2 Å². The number of hydrogen-bond donors (Lipinski definition) is 1. The highest BCUT2D eigenvalue weighted by atomic mass is 35.5. The summed E-state index contributed by atoms with van der Waals surface area (Å²) in [4.78, 5) is 13.6. The molecule has 12 heteroatoms. The Bertz CT molecular complexity index is 1940. The van der Waals surface area contributed by atoms with Crippen LogP contribution in [0, 0.1) is 13.8 Å². The van der Waals surface area contributed by atoms with Gasteiger partial charge in [0, 0.05) is 24.2 Å². The number of hydrogen-bond acceptors (Lipinski definition) is 7. The molecule has 224 valence electrons. The van der Waals surface area contributed by atoms with E-state index >= 15 is 0 Å². The zero-order chi connectivity index (χ0) is 30.7. The molecule has 0 unspecified atom stereocenters. The number of aromatic nitrogens is 4. The Morgan fingerprint density at radius 3 is 2.44 bits per heavy atom. The third kappa shape index (κ3) is 6.15. The Kier molecular flexibility index (Phi) is 8.86. The van der Waals surface area contributed by atoms with Crippen LogP contribution in [-0.4, -0.2) is 34.5 Å². The summed E-state index contributed by atoms with van der Waals surface area (Å²) in [6.45, 7) is 8.27. The van der Waals surface area contributed by atoms with Crippen LogP contribution < -0.4 is 10.4 Å². The molecule has 0 aliphatic rings. The lowest BCUT2D eigenvalue weighted by molar-refractivity contribution is 0.134. The fraction of sp³-hybridized carbons (Fsp3) is 0.258. The second-order valence-electron chi connectivity index (χ2n) is 9.94. The highest BCUT2D eigenvalue weighted by Crippen LogP contribution is 2.33. The summed E-state index contributed by atoms with van der Waals surface area (Å²) in [5, 5.41) is 8.83. The van der Waals surface area contributed by atoms with Crippen LogP contribution in [0.3, 0.4) is 0 Å². The summed E-state index contributed by atoms with van der Waals surface area (Å²) in [6, 6.07) is 19.5. The largest absolute Gasteiger partial charge is 0.377 e. The fourth-order valence-electron chi connectivity index (χ4n) is 4.78. The number of halogens is 1. The molecule has 5 aromatic rings. The maximum Gasteiger partial charge on any atom is 0.351 e. The van der Waals surface area contributed by atoms with Gasteiger partial charge >= 0.3 is 5.69 Å². The van der Waals surface area contributed by atoms with Crippen molar-refractivity contribution in [2.24, 2.45) is 0 Å². The van der Waals surface area contributed by atoms with Crippen molar-refractivity contribution in [2.75, 3.05) is 11.3 Å². The van der Waals surface area contributed by atoms with Crippen LogP contribution in [-0.2, 0) is 34.3 Å². The van der Waals surface area contributed by atoms with E-state index in [2.05, 4.69) is 15.0 Å². The second-order valence-corrected chi connectivity index (χ2v) is 12.0. The maximum atomic E-state index is 13.6. The highest BCUT2D eigenvalue weighted by Gasteiger charge is 2.24. The number of anilines is 1. The molecule has 0 saturated heterocycles. The van der Waals surface area contributed by atoms with Gasteiger partial charge in [0.05, 0.1) is 28.8 Å². The first kappa shape index (κ1) is 30.3. The van der Waals surface area contributed by atoms with Crippen LogP contribution in [0.15, 0.2) is 80.9 Å². The van der Waals surface area contributed by atoms with Gasteiger partial charge in [0.2, 0.25) is 0 Å². The van der Waals surface area contributed by atoms with Crippen molar-refractivity contribution in [1.82, 2.24) is 19.5 Å². The van der Waals surface area contributed by atoms with Crippen molar-refractivity contribution in [2.45, 2.75) is 52.2 Å². The quantitative estimate of drug-likeness (QED) is 0.195. The van der Waals surface area contributed by atoms with Gasteiger partial charge in [-0.1, -0.05) is 72.2 Å². The van der Waals surface area contributed by atoms with Gasteiger partial charge in [0.1, 0.15) is 11.6 Å². The normalized spacial score (nSPS) is 11.7. The Labute approximate surface area is 254 Å². The van der Waals surface area contributed by atoms with Gasteiger partial charge in [0.25, 0.3) is 10.0 Å². The molecular weight excluding hydrogens is 590 g/mol. The number of rotatable bonds is 11.